The lowest BCUT2D eigenvalue weighted by molar-refractivity contribution is -0.126. The van der Waals surface area contributed by atoms with Gasteiger partial charge in [0.25, 0.3) is 0 Å². The summed E-state index contributed by atoms with van der Waals surface area (Å²) in [6.45, 7) is 7.12. The molecule has 0 aromatic heterocycles. The average Bonchev–Trinajstić information content (AvgIpc) is 2.99. The van der Waals surface area contributed by atoms with Crippen LogP contribution in [-0.4, -0.2) is 39.4 Å². The molecule has 3 rings (SSSR count). The lowest BCUT2D eigenvalue weighted by atomic mass is 9.69. The predicted octanol–water partition coefficient (Wildman–Crippen LogP) is 2.89. The first-order valence-corrected chi connectivity index (χ1v) is 10.1. The minimum Gasteiger partial charge on any atom is -0.383 e. The van der Waals surface area contributed by atoms with Crippen molar-refractivity contribution in [1.29, 1.82) is 0 Å². The number of hydrogen-bond donors (Lipinski definition) is 2. The van der Waals surface area contributed by atoms with Gasteiger partial charge in [-0.25, -0.2) is 4.99 Å². The van der Waals surface area contributed by atoms with E-state index in [2.05, 4.69) is 30.2 Å². The Morgan fingerprint density at radius 1 is 1.33 bits per heavy atom. The lowest BCUT2D eigenvalue weighted by Crippen LogP contribution is -2.56. The van der Waals surface area contributed by atoms with Crippen LogP contribution in [0.1, 0.15) is 66.2 Å². The molecule has 6 nitrogen and oxygen atoms in total. The van der Waals surface area contributed by atoms with Crippen LogP contribution in [0.25, 0.3) is 0 Å². The number of unbranched alkanes of at least 4 members (excludes halogenated alkanes) is 1. The maximum atomic E-state index is 12.3. The van der Waals surface area contributed by atoms with Crippen LogP contribution in [-0.2, 0) is 9.59 Å². The van der Waals surface area contributed by atoms with Crippen LogP contribution < -0.4 is 5.32 Å². The fraction of sp³-hybridized carbons (Fsp3) is 0.667. The molecule has 1 fully saturated rings. The van der Waals surface area contributed by atoms with E-state index in [0.717, 1.165) is 37.7 Å². The van der Waals surface area contributed by atoms with Gasteiger partial charge in [-0.15, -0.1) is 0 Å². The van der Waals surface area contributed by atoms with E-state index in [1.807, 2.05) is 6.08 Å². The van der Waals surface area contributed by atoms with Crippen molar-refractivity contribution in [1.82, 2.24) is 10.2 Å². The number of rotatable bonds is 4. The Morgan fingerprint density at radius 2 is 2.07 bits per heavy atom. The molecule has 0 aromatic carbocycles. The molecule has 0 aromatic rings. The van der Waals surface area contributed by atoms with Gasteiger partial charge in [0.2, 0.25) is 17.8 Å². The van der Waals surface area contributed by atoms with E-state index in [-0.39, 0.29) is 29.7 Å². The Balaban J connectivity index is 2.06. The molecule has 3 aliphatic rings. The second-order valence-corrected chi connectivity index (χ2v) is 8.12. The Kier molecular flexibility index (Phi) is 5.56. The highest BCUT2D eigenvalue weighted by atomic mass is 16.3. The molecule has 4 atom stereocenters. The molecule has 2 amide bonds. The maximum absolute atomic E-state index is 12.3. The summed E-state index contributed by atoms with van der Waals surface area (Å²) in [5.74, 6) is 0.268. The number of guanidine groups is 1. The van der Waals surface area contributed by atoms with Crippen LogP contribution in [0.3, 0.4) is 0 Å². The SMILES string of the molecule is CCCC=CCC1(O)C2=C3C(CCC3N(C(C)=O)C(NC(C)=O)=N2)CC1C. The molecule has 6 heteroatoms. The largest absolute Gasteiger partial charge is 0.383 e. The average molecular weight is 373 g/mol. The Bertz CT molecular complexity index is 724. The summed E-state index contributed by atoms with van der Waals surface area (Å²) in [7, 11) is 0. The molecule has 2 aliphatic carbocycles. The summed E-state index contributed by atoms with van der Waals surface area (Å²) < 4.78 is 0. The summed E-state index contributed by atoms with van der Waals surface area (Å²) in [6.07, 6.45) is 9.45. The van der Waals surface area contributed by atoms with Crippen molar-refractivity contribution in [3.05, 3.63) is 23.4 Å². The van der Waals surface area contributed by atoms with Crippen molar-refractivity contribution in [2.75, 3.05) is 0 Å². The zero-order valence-electron chi connectivity index (χ0n) is 16.8. The molecule has 1 aliphatic heterocycles. The standard InChI is InChI=1S/C21H31N3O3/c1-5-6-7-8-11-21(27)13(2)12-16-9-10-17-18(16)19(21)23-20(22-14(3)25)24(17)15(4)26/h7-8,13,16-17,27H,5-6,9-12H2,1-4H3,(H,22,23,25). The number of nitrogens with zero attached hydrogens (tertiary/aromatic N) is 2. The van der Waals surface area contributed by atoms with Gasteiger partial charge in [-0.1, -0.05) is 32.4 Å². The number of carbonyl (C=O) groups is 2. The number of amides is 2. The third-order valence-corrected chi connectivity index (χ3v) is 6.16. The molecule has 0 spiro atoms. The number of nitrogens with one attached hydrogen (secondary N) is 1. The van der Waals surface area contributed by atoms with Crippen molar-refractivity contribution in [3.63, 3.8) is 0 Å². The van der Waals surface area contributed by atoms with Crippen LogP contribution in [0.15, 0.2) is 28.4 Å². The third kappa shape index (κ3) is 3.47. The summed E-state index contributed by atoms with van der Waals surface area (Å²) in [4.78, 5) is 30.3. The van der Waals surface area contributed by atoms with Crippen LogP contribution in [0.4, 0.5) is 0 Å². The quantitative estimate of drug-likeness (QED) is 0.744. The minimum atomic E-state index is -1.06. The van der Waals surface area contributed by atoms with Gasteiger partial charge < -0.3 is 5.11 Å². The predicted molar refractivity (Wildman–Crippen MR) is 105 cm³/mol. The van der Waals surface area contributed by atoms with Crippen molar-refractivity contribution in [2.24, 2.45) is 16.8 Å². The second-order valence-electron chi connectivity index (χ2n) is 8.12. The van der Waals surface area contributed by atoms with Crippen molar-refractivity contribution in [2.45, 2.75) is 77.9 Å². The van der Waals surface area contributed by atoms with Gasteiger partial charge >= 0.3 is 0 Å². The van der Waals surface area contributed by atoms with Gasteiger partial charge in [-0.3, -0.25) is 19.8 Å². The number of carbonyl (C=O) groups excluding carboxylic acids is 2. The summed E-state index contributed by atoms with van der Waals surface area (Å²) in [5, 5.41) is 14.4. The summed E-state index contributed by atoms with van der Waals surface area (Å²) in [6, 6.07) is -0.111. The Hall–Kier alpha value is -1.95. The van der Waals surface area contributed by atoms with Crippen LogP contribution in [0.2, 0.25) is 0 Å². The first-order chi connectivity index (χ1) is 12.8. The van der Waals surface area contributed by atoms with Crippen LogP contribution in [0.5, 0.6) is 0 Å². The van der Waals surface area contributed by atoms with Gasteiger partial charge in [-0.05, 0) is 43.1 Å². The third-order valence-electron chi connectivity index (χ3n) is 6.16. The van der Waals surface area contributed by atoms with Gasteiger partial charge in [0, 0.05) is 20.3 Å². The maximum Gasteiger partial charge on any atom is 0.226 e. The van der Waals surface area contributed by atoms with E-state index >= 15 is 0 Å². The highest BCUT2D eigenvalue weighted by molar-refractivity contribution is 6.05. The molecule has 1 heterocycles. The van der Waals surface area contributed by atoms with E-state index in [4.69, 9.17) is 0 Å². The van der Waals surface area contributed by atoms with Gasteiger partial charge in [0.15, 0.2) is 0 Å². The van der Waals surface area contributed by atoms with Crippen LogP contribution >= 0.6 is 0 Å². The van der Waals surface area contributed by atoms with Crippen molar-refractivity contribution < 1.29 is 14.7 Å². The molecular formula is C21H31N3O3. The smallest absolute Gasteiger partial charge is 0.226 e. The fourth-order valence-corrected chi connectivity index (χ4v) is 4.84. The number of hydrogen-bond acceptors (Lipinski definition) is 4. The van der Waals surface area contributed by atoms with E-state index < -0.39 is 5.60 Å². The van der Waals surface area contributed by atoms with Gasteiger partial charge in [0.05, 0.1) is 11.7 Å². The molecule has 0 bridgehead atoms. The van der Waals surface area contributed by atoms with E-state index in [9.17, 15) is 14.7 Å². The van der Waals surface area contributed by atoms with Crippen molar-refractivity contribution >= 4 is 17.8 Å². The molecule has 0 radical (unpaired) electrons. The molecular weight excluding hydrogens is 342 g/mol. The normalized spacial score (nSPS) is 32.6. The minimum absolute atomic E-state index is 0.0671. The lowest BCUT2D eigenvalue weighted by Gasteiger charge is -2.46. The van der Waals surface area contributed by atoms with E-state index in [0.29, 0.717) is 18.0 Å². The molecule has 27 heavy (non-hydrogen) atoms. The zero-order chi connectivity index (χ0) is 19.8. The molecule has 1 saturated carbocycles. The molecule has 4 unspecified atom stereocenters. The highest BCUT2D eigenvalue weighted by Crippen LogP contribution is 2.52. The first-order valence-electron chi connectivity index (χ1n) is 10.1. The summed E-state index contributed by atoms with van der Waals surface area (Å²) >= 11 is 0. The Labute approximate surface area is 161 Å². The van der Waals surface area contributed by atoms with Gasteiger partial charge in [-0.2, -0.15) is 0 Å². The van der Waals surface area contributed by atoms with E-state index in [1.165, 1.54) is 13.8 Å². The topological polar surface area (TPSA) is 82.0 Å². The highest BCUT2D eigenvalue weighted by Gasteiger charge is 2.53. The summed E-state index contributed by atoms with van der Waals surface area (Å²) in [5.41, 5.74) is 0.714. The first kappa shape index (κ1) is 19.8. The van der Waals surface area contributed by atoms with Crippen LogP contribution in [0, 0.1) is 11.8 Å². The number of allylic oxidation sites excluding steroid dienone is 1. The number of aliphatic imine (C=N–C) groups is 1. The molecule has 0 saturated heterocycles. The fourth-order valence-electron chi connectivity index (χ4n) is 4.84. The second kappa shape index (κ2) is 7.58. The molecule has 2 N–H and O–H groups in total. The number of aliphatic hydroxyl groups is 1. The van der Waals surface area contributed by atoms with Gasteiger partial charge in [0.1, 0.15) is 5.60 Å². The Morgan fingerprint density at radius 3 is 2.70 bits per heavy atom. The van der Waals surface area contributed by atoms with E-state index in [1.54, 1.807) is 4.90 Å². The molecule has 148 valence electrons. The zero-order valence-corrected chi connectivity index (χ0v) is 16.8. The monoisotopic (exact) mass is 373 g/mol. The van der Waals surface area contributed by atoms with Crippen molar-refractivity contribution in [3.8, 4) is 0 Å².